The van der Waals surface area contributed by atoms with E-state index in [0.29, 0.717) is 0 Å². The van der Waals surface area contributed by atoms with E-state index < -0.39 is 0 Å². The Morgan fingerprint density at radius 2 is 2.05 bits per heavy atom. The lowest BCUT2D eigenvalue weighted by atomic mass is 10.1. The summed E-state index contributed by atoms with van der Waals surface area (Å²) in [5.74, 6) is 1.42. The third-order valence-corrected chi connectivity index (χ3v) is 3.28. The molecule has 2 aromatic rings. The first-order chi connectivity index (χ1) is 10.2. The van der Waals surface area contributed by atoms with Crippen LogP contribution >= 0.6 is 0 Å². The quantitative estimate of drug-likeness (QED) is 0.878. The van der Waals surface area contributed by atoms with Gasteiger partial charge in [-0.15, -0.1) is 0 Å². The van der Waals surface area contributed by atoms with Crippen molar-refractivity contribution in [3.63, 3.8) is 0 Å². The van der Waals surface area contributed by atoms with Gasteiger partial charge in [-0.25, -0.2) is 14.4 Å². The van der Waals surface area contributed by atoms with Crippen molar-refractivity contribution in [3.05, 3.63) is 42.0 Å². The second-order valence-electron chi connectivity index (χ2n) is 4.84. The standard InChI is InChI=1S/C16H21FN4/c1-4-7-14-15(18-5-2)19-11-20-16(14)21(3)13-9-6-8-12(17)10-13/h6,8-11H,4-5,7H2,1-3H3,(H,18,19,20). The fourth-order valence-corrected chi connectivity index (χ4v) is 2.30. The van der Waals surface area contributed by atoms with Gasteiger partial charge < -0.3 is 10.2 Å². The largest absolute Gasteiger partial charge is 0.370 e. The van der Waals surface area contributed by atoms with Crippen LogP contribution in [0.3, 0.4) is 0 Å². The van der Waals surface area contributed by atoms with E-state index in [1.54, 1.807) is 12.4 Å². The van der Waals surface area contributed by atoms with Crippen molar-refractivity contribution in [2.24, 2.45) is 0 Å². The highest BCUT2D eigenvalue weighted by Gasteiger charge is 2.15. The number of anilines is 3. The molecule has 5 heteroatoms. The summed E-state index contributed by atoms with van der Waals surface area (Å²) in [4.78, 5) is 10.6. The summed E-state index contributed by atoms with van der Waals surface area (Å²) in [6.45, 7) is 4.96. The number of nitrogens with zero attached hydrogens (tertiary/aromatic N) is 3. The van der Waals surface area contributed by atoms with Crippen molar-refractivity contribution in [1.29, 1.82) is 0 Å². The Morgan fingerprint density at radius 3 is 2.71 bits per heavy atom. The molecule has 0 aliphatic carbocycles. The maximum absolute atomic E-state index is 13.4. The Kier molecular flexibility index (Phi) is 5.09. The minimum atomic E-state index is -0.252. The number of hydrogen-bond donors (Lipinski definition) is 1. The lowest BCUT2D eigenvalue weighted by Gasteiger charge is -2.22. The summed E-state index contributed by atoms with van der Waals surface area (Å²) in [5.41, 5.74) is 1.84. The van der Waals surface area contributed by atoms with E-state index in [-0.39, 0.29) is 5.82 Å². The van der Waals surface area contributed by atoms with E-state index in [9.17, 15) is 4.39 Å². The van der Waals surface area contributed by atoms with Gasteiger partial charge in [0.05, 0.1) is 0 Å². The second kappa shape index (κ2) is 7.02. The molecule has 0 atom stereocenters. The second-order valence-corrected chi connectivity index (χ2v) is 4.84. The SMILES string of the molecule is CCCc1c(NCC)ncnc1N(C)c1cccc(F)c1. The minimum absolute atomic E-state index is 0.252. The number of nitrogens with one attached hydrogen (secondary N) is 1. The van der Waals surface area contributed by atoms with Gasteiger partial charge in [0.2, 0.25) is 0 Å². The van der Waals surface area contributed by atoms with Gasteiger partial charge in [-0.3, -0.25) is 0 Å². The van der Waals surface area contributed by atoms with E-state index in [0.717, 1.165) is 42.3 Å². The molecule has 2 rings (SSSR count). The Balaban J connectivity index is 2.44. The van der Waals surface area contributed by atoms with Gasteiger partial charge in [0.1, 0.15) is 23.8 Å². The van der Waals surface area contributed by atoms with Crippen molar-refractivity contribution < 1.29 is 4.39 Å². The first-order valence-corrected chi connectivity index (χ1v) is 7.24. The summed E-state index contributed by atoms with van der Waals surface area (Å²) in [7, 11) is 1.89. The summed E-state index contributed by atoms with van der Waals surface area (Å²) < 4.78 is 13.4. The smallest absolute Gasteiger partial charge is 0.141 e. The molecule has 1 aromatic heterocycles. The number of halogens is 1. The van der Waals surface area contributed by atoms with Gasteiger partial charge in [-0.1, -0.05) is 19.4 Å². The minimum Gasteiger partial charge on any atom is -0.370 e. The van der Waals surface area contributed by atoms with E-state index in [1.165, 1.54) is 12.1 Å². The predicted octanol–water partition coefficient (Wildman–Crippen LogP) is 3.77. The van der Waals surface area contributed by atoms with E-state index >= 15 is 0 Å². The van der Waals surface area contributed by atoms with Crippen LogP contribution in [-0.4, -0.2) is 23.6 Å². The van der Waals surface area contributed by atoms with Crippen LogP contribution in [0, 0.1) is 5.82 Å². The number of benzene rings is 1. The lowest BCUT2D eigenvalue weighted by Crippen LogP contribution is -2.16. The molecule has 0 saturated carbocycles. The number of aromatic nitrogens is 2. The molecule has 1 aromatic carbocycles. The Bertz CT molecular complexity index is 601. The normalized spacial score (nSPS) is 10.5. The Morgan fingerprint density at radius 1 is 1.24 bits per heavy atom. The highest BCUT2D eigenvalue weighted by atomic mass is 19.1. The van der Waals surface area contributed by atoms with Crippen LogP contribution in [0.2, 0.25) is 0 Å². The first-order valence-electron chi connectivity index (χ1n) is 7.24. The molecule has 0 radical (unpaired) electrons. The average molecular weight is 288 g/mol. The summed E-state index contributed by atoms with van der Waals surface area (Å²) in [6, 6.07) is 6.51. The molecule has 1 N–H and O–H groups in total. The summed E-state index contributed by atoms with van der Waals surface area (Å²) >= 11 is 0. The van der Waals surface area contributed by atoms with Crippen LogP contribution in [0.4, 0.5) is 21.7 Å². The van der Waals surface area contributed by atoms with Crippen LogP contribution in [0.25, 0.3) is 0 Å². The molecule has 0 spiro atoms. The molecular weight excluding hydrogens is 267 g/mol. The van der Waals surface area contributed by atoms with Gasteiger partial charge in [0.15, 0.2) is 0 Å². The van der Waals surface area contributed by atoms with Gasteiger partial charge in [0.25, 0.3) is 0 Å². The van der Waals surface area contributed by atoms with Gasteiger partial charge in [0, 0.05) is 24.8 Å². The monoisotopic (exact) mass is 288 g/mol. The maximum Gasteiger partial charge on any atom is 0.141 e. The van der Waals surface area contributed by atoms with Gasteiger partial charge in [-0.2, -0.15) is 0 Å². The molecule has 112 valence electrons. The molecule has 1 heterocycles. The van der Waals surface area contributed by atoms with Crippen LogP contribution in [-0.2, 0) is 6.42 Å². The Hall–Kier alpha value is -2.17. The van der Waals surface area contributed by atoms with Crippen LogP contribution in [0.1, 0.15) is 25.8 Å². The Labute approximate surface area is 125 Å². The van der Waals surface area contributed by atoms with Crippen molar-refractivity contribution >= 4 is 17.3 Å². The van der Waals surface area contributed by atoms with Crippen molar-refractivity contribution in [2.75, 3.05) is 23.8 Å². The molecule has 0 saturated heterocycles. The third-order valence-electron chi connectivity index (χ3n) is 3.28. The lowest BCUT2D eigenvalue weighted by molar-refractivity contribution is 0.628. The molecule has 4 nitrogen and oxygen atoms in total. The topological polar surface area (TPSA) is 41.1 Å². The third kappa shape index (κ3) is 3.48. The highest BCUT2D eigenvalue weighted by molar-refractivity contribution is 5.66. The number of rotatable bonds is 6. The fraction of sp³-hybridized carbons (Fsp3) is 0.375. The van der Waals surface area contributed by atoms with Crippen LogP contribution < -0.4 is 10.2 Å². The van der Waals surface area contributed by atoms with Crippen LogP contribution in [0.15, 0.2) is 30.6 Å². The predicted molar refractivity (Wildman–Crippen MR) is 84.7 cm³/mol. The fourth-order valence-electron chi connectivity index (χ4n) is 2.30. The zero-order valence-corrected chi connectivity index (χ0v) is 12.7. The zero-order chi connectivity index (χ0) is 15.2. The highest BCUT2D eigenvalue weighted by Crippen LogP contribution is 2.29. The molecule has 0 aliphatic rings. The average Bonchev–Trinajstić information content (AvgIpc) is 2.49. The molecular formula is C16H21FN4. The molecule has 0 unspecified atom stereocenters. The van der Waals surface area contributed by atoms with Gasteiger partial charge in [-0.05, 0) is 31.5 Å². The van der Waals surface area contributed by atoms with Crippen molar-refractivity contribution in [2.45, 2.75) is 26.7 Å². The van der Waals surface area contributed by atoms with Crippen molar-refractivity contribution in [1.82, 2.24) is 9.97 Å². The van der Waals surface area contributed by atoms with E-state index in [1.807, 2.05) is 24.9 Å². The molecule has 21 heavy (non-hydrogen) atoms. The van der Waals surface area contributed by atoms with E-state index in [4.69, 9.17) is 0 Å². The summed E-state index contributed by atoms with van der Waals surface area (Å²) in [6.07, 6.45) is 3.41. The first kappa shape index (κ1) is 15.2. The molecule has 0 aliphatic heterocycles. The zero-order valence-electron chi connectivity index (χ0n) is 12.7. The molecule has 0 bridgehead atoms. The maximum atomic E-state index is 13.4. The van der Waals surface area contributed by atoms with Crippen LogP contribution in [0.5, 0.6) is 0 Å². The molecule has 0 amide bonds. The summed E-state index contributed by atoms with van der Waals surface area (Å²) in [5, 5.41) is 3.27. The molecule has 0 fully saturated rings. The van der Waals surface area contributed by atoms with Gasteiger partial charge >= 0.3 is 0 Å². The van der Waals surface area contributed by atoms with Crippen molar-refractivity contribution in [3.8, 4) is 0 Å². The number of hydrogen-bond acceptors (Lipinski definition) is 4. The van der Waals surface area contributed by atoms with E-state index in [2.05, 4.69) is 22.2 Å².